The Hall–Kier alpha value is -0.250. The van der Waals surface area contributed by atoms with E-state index in [4.69, 9.17) is 5.11 Å². The number of carboxylic acid groups (broad SMARTS) is 1. The molecule has 0 saturated carbocycles. The molecule has 0 aliphatic carbocycles. The van der Waals surface area contributed by atoms with Gasteiger partial charge >= 0.3 is 5.97 Å². The monoisotopic (exact) mass is 292 g/mol. The molecule has 0 spiro atoms. The second-order valence-corrected chi connectivity index (χ2v) is 6.21. The lowest BCUT2D eigenvalue weighted by molar-refractivity contribution is -0.136. The van der Waals surface area contributed by atoms with Crippen molar-refractivity contribution >= 4 is 17.7 Å². The van der Waals surface area contributed by atoms with Gasteiger partial charge in [0.25, 0.3) is 0 Å². The lowest BCUT2D eigenvalue weighted by Crippen LogP contribution is -1.96. The summed E-state index contributed by atoms with van der Waals surface area (Å²) in [5, 5.41) is 8.47. The van der Waals surface area contributed by atoms with Crippen molar-refractivity contribution in [1.82, 2.24) is 0 Å². The number of carbonyl (C=O) groups is 1. The van der Waals surface area contributed by atoms with Gasteiger partial charge in [0.1, 0.15) is 0 Å². The zero-order valence-corrected chi connectivity index (χ0v) is 12.9. The average Bonchev–Trinajstić information content (AvgIpc) is 2.39. The summed E-state index contributed by atoms with van der Waals surface area (Å²) in [5.74, 6) is 1.14. The molecule has 0 saturated heterocycles. The van der Waals surface area contributed by atoms with E-state index in [2.05, 4.69) is 0 Å². The summed E-state index contributed by atoms with van der Waals surface area (Å²) in [6.07, 6.45) is 12.2. The van der Waals surface area contributed by atoms with Gasteiger partial charge in [-0.25, -0.2) is 0 Å². The first kappa shape index (κ1) is 18.8. The summed E-state index contributed by atoms with van der Waals surface area (Å²) in [7, 11) is 0. The molecule has 2 nitrogen and oxygen atoms in total. The third-order valence-electron chi connectivity index (χ3n) is 3.13. The highest BCUT2D eigenvalue weighted by Crippen LogP contribution is 2.12. The van der Waals surface area contributed by atoms with Crippen molar-refractivity contribution < 1.29 is 14.3 Å². The lowest BCUT2D eigenvalue weighted by atomic mass is 10.1. The molecule has 19 heavy (non-hydrogen) atoms. The predicted molar refractivity (Wildman–Crippen MR) is 81.7 cm³/mol. The second-order valence-electron chi connectivity index (χ2n) is 4.98. The van der Waals surface area contributed by atoms with E-state index in [-0.39, 0.29) is 13.1 Å². The quantitative estimate of drug-likeness (QED) is 0.428. The number of rotatable bonds is 15. The number of aliphatic carboxylic acids is 1. The van der Waals surface area contributed by atoms with Crippen LogP contribution in [0.5, 0.6) is 0 Å². The molecule has 0 aromatic heterocycles. The van der Waals surface area contributed by atoms with E-state index in [0.29, 0.717) is 0 Å². The van der Waals surface area contributed by atoms with Crippen molar-refractivity contribution in [3.05, 3.63) is 0 Å². The molecule has 0 aliphatic rings. The van der Waals surface area contributed by atoms with Gasteiger partial charge in [0.15, 0.2) is 0 Å². The minimum atomic E-state index is -0.695. The zero-order valence-electron chi connectivity index (χ0n) is 12.0. The number of halogens is 1. The fourth-order valence-corrected chi connectivity index (χ4v) is 2.91. The van der Waals surface area contributed by atoms with Crippen LogP contribution in [0.1, 0.15) is 70.6 Å². The van der Waals surface area contributed by atoms with E-state index in [1.165, 1.54) is 51.4 Å². The number of hydrogen-bond acceptors (Lipinski definition) is 2. The number of carboxylic acids is 1. The molecule has 0 aliphatic heterocycles. The molecular formula is C15H29FO2S. The predicted octanol–water partition coefficient (Wildman–Crippen LogP) is 5.06. The summed E-state index contributed by atoms with van der Waals surface area (Å²) < 4.78 is 11.8. The highest BCUT2D eigenvalue weighted by Gasteiger charge is 1.97. The van der Waals surface area contributed by atoms with Gasteiger partial charge in [0, 0.05) is 5.75 Å². The molecule has 0 rings (SSSR count). The highest BCUT2D eigenvalue weighted by atomic mass is 32.2. The van der Waals surface area contributed by atoms with Gasteiger partial charge < -0.3 is 5.11 Å². The minimum absolute atomic E-state index is 0.162. The van der Waals surface area contributed by atoms with Crippen LogP contribution in [0.4, 0.5) is 4.39 Å². The van der Waals surface area contributed by atoms with E-state index < -0.39 is 5.97 Å². The summed E-state index contributed by atoms with van der Waals surface area (Å²) >= 11 is 1.75. The molecule has 0 aromatic rings. The van der Waals surface area contributed by atoms with Crippen molar-refractivity contribution in [1.29, 1.82) is 0 Å². The van der Waals surface area contributed by atoms with Gasteiger partial charge in [0.05, 0.1) is 13.1 Å². The van der Waals surface area contributed by atoms with Crippen LogP contribution >= 0.6 is 11.8 Å². The van der Waals surface area contributed by atoms with Crippen molar-refractivity contribution in [3.8, 4) is 0 Å². The second kappa shape index (κ2) is 15.8. The molecule has 114 valence electrons. The number of hydrogen-bond donors (Lipinski definition) is 1. The Balaban J connectivity index is 2.93. The Morgan fingerprint density at radius 2 is 1.26 bits per heavy atom. The van der Waals surface area contributed by atoms with Crippen LogP contribution < -0.4 is 0 Å². The van der Waals surface area contributed by atoms with Crippen molar-refractivity contribution in [2.24, 2.45) is 0 Å². The Bertz CT molecular complexity index is 201. The van der Waals surface area contributed by atoms with E-state index in [1.807, 2.05) is 0 Å². The van der Waals surface area contributed by atoms with Gasteiger partial charge in [-0.1, -0.05) is 51.4 Å². The molecule has 0 radical (unpaired) electrons. The van der Waals surface area contributed by atoms with Crippen LogP contribution in [0.25, 0.3) is 0 Å². The Morgan fingerprint density at radius 1 is 0.789 bits per heavy atom. The molecular weight excluding hydrogens is 263 g/mol. The van der Waals surface area contributed by atoms with E-state index in [9.17, 15) is 9.18 Å². The van der Waals surface area contributed by atoms with Crippen molar-refractivity contribution in [2.45, 2.75) is 70.6 Å². The smallest absolute Gasteiger partial charge is 0.304 e. The Labute approximate surface area is 121 Å². The summed E-state index contributed by atoms with van der Waals surface area (Å²) in [6, 6.07) is 0. The number of unbranched alkanes of at least 4 members (excludes halogenated alkanes) is 9. The third kappa shape index (κ3) is 17.8. The van der Waals surface area contributed by atoms with Gasteiger partial charge in [-0.2, -0.15) is 11.8 Å². The lowest BCUT2D eigenvalue weighted by Gasteiger charge is -2.02. The third-order valence-corrected chi connectivity index (χ3v) is 4.20. The van der Waals surface area contributed by atoms with E-state index in [0.717, 1.165) is 24.3 Å². The van der Waals surface area contributed by atoms with Crippen LogP contribution in [-0.2, 0) is 4.79 Å². The van der Waals surface area contributed by atoms with E-state index >= 15 is 0 Å². The molecule has 1 N–H and O–H groups in total. The van der Waals surface area contributed by atoms with Gasteiger partial charge in [0.2, 0.25) is 0 Å². The Morgan fingerprint density at radius 3 is 1.74 bits per heavy atom. The van der Waals surface area contributed by atoms with Crippen LogP contribution in [-0.4, -0.2) is 29.3 Å². The molecule has 0 unspecified atom stereocenters. The summed E-state index contributed by atoms with van der Waals surface area (Å²) in [6.45, 7) is -0.162. The van der Waals surface area contributed by atoms with Gasteiger partial charge in [-0.3, -0.25) is 9.18 Å². The molecule has 0 bridgehead atoms. The van der Waals surface area contributed by atoms with E-state index in [1.54, 1.807) is 11.8 Å². The standard InChI is InChI=1S/C15H29FO2S/c16-12-9-7-5-3-1-2-4-6-8-10-13-19-14-11-15(17)18/h1-14H2,(H,17,18). The summed E-state index contributed by atoms with van der Waals surface area (Å²) in [5.41, 5.74) is 0. The first-order valence-corrected chi connectivity index (χ1v) is 8.78. The average molecular weight is 292 g/mol. The molecule has 0 heterocycles. The van der Waals surface area contributed by atoms with Crippen LogP contribution in [0, 0.1) is 0 Å². The largest absolute Gasteiger partial charge is 0.481 e. The Kier molecular flexibility index (Phi) is 15.6. The van der Waals surface area contributed by atoms with Crippen molar-refractivity contribution in [2.75, 3.05) is 18.2 Å². The maximum absolute atomic E-state index is 11.8. The van der Waals surface area contributed by atoms with Crippen molar-refractivity contribution in [3.63, 3.8) is 0 Å². The number of thioether (sulfide) groups is 1. The molecule has 0 amide bonds. The summed E-state index contributed by atoms with van der Waals surface area (Å²) in [4.78, 5) is 10.3. The van der Waals surface area contributed by atoms with Crippen LogP contribution in [0.15, 0.2) is 0 Å². The zero-order chi connectivity index (χ0) is 14.2. The molecule has 0 fully saturated rings. The molecule has 0 atom stereocenters. The van der Waals surface area contributed by atoms with Gasteiger partial charge in [-0.15, -0.1) is 0 Å². The van der Waals surface area contributed by atoms with Crippen LogP contribution in [0.3, 0.4) is 0 Å². The normalized spacial score (nSPS) is 10.8. The fourth-order valence-electron chi connectivity index (χ4n) is 1.97. The topological polar surface area (TPSA) is 37.3 Å². The molecule has 4 heteroatoms. The first-order valence-electron chi connectivity index (χ1n) is 7.63. The first-order chi connectivity index (χ1) is 9.27. The van der Waals surface area contributed by atoms with Gasteiger partial charge in [-0.05, 0) is 18.6 Å². The minimum Gasteiger partial charge on any atom is -0.481 e. The SMILES string of the molecule is O=C(O)CCSCCCCCCCCCCCCF. The van der Waals surface area contributed by atoms with Crippen LogP contribution in [0.2, 0.25) is 0 Å². The molecule has 0 aromatic carbocycles. The maximum Gasteiger partial charge on any atom is 0.304 e. The maximum atomic E-state index is 11.8. The number of alkyl halides is 1. The fraction of sp³-hybridized carbons (Fsp3) is 0.933. The highest BCUT2D eigenvalue weighted by molar-refractivity contribution is 7.99.